The lowest BCUT2D eigenvalue weighted by molar-refractivity contribution is 0.0675. The standard InChI is InChI=1S/C30H32N4O5/c1-18-13-26-24(27-25(28(35)32-26)17-31-34(27)22-7-11-39-12-8-22)16-23(18)29(36)33-9-5-19(6-10-33)14-20-3-2-4-21(15-20)30(37)38/h2-4,13,15-17,19,22H,5-12,14H2,1H3,(H,32,35)(H,37,38). The van der Waals surface area contributed by atoms with Crippen LogP contribution in [0.2, 0.25) is 0 Å². The van der Waals surface area contributed by atoms with Gasteiger partial charge in [0.15, 0.2) is 0 Å². The van der Waals surface area contributed by atoms with Gasteiger partial charge < -0.3 is 19.7 Å². The molecular weight excluding hydrogens is 496 g/mol. The van der Waals surface area contributed by atoms with E-state index in [0.29, 0.717) is 54.3 Å². The van der Waals surface area contributed by atoms with E-state index in [2.05, 4.69) is 10.1 Å². The van der Waals surface area contributed by atoms with Crippen molar-refractivity contribution < 1.29 is 19.4 Å². The first-order valence-corrected chi connectivity index (χ1v) is 13.6. The maximum atomic E-state index is 13.7. The van der Waals surface area contributed by atoms with Crippen molar-refractivity contribution in [2.24, 2.45) is 5.92 Å². The molecular formula is C30H32N4O5. The Kier molecular flexibility index (Phi) is 6.68. The van der Waals surface area contributed by atoms with Crippen molar-refractivity contribution in [3.63, 3.8) is 0 Å². The van der Waals surface area contributed by atoms with E-state index in [9.17, 15) is 19.5 Å². The lowest BCUT2D eigenvalue weighted by Crippen LogP contribution is -2.39. The van der Waals surface area contributed by atoms with Crippen molar-refractivity contribution in [2.45, 2.75) is 45.1 Å². The summed E-state index contributed by atoms with van der Waals surface area (Å²) in [5, 5.41) is 15.2. The number of rotatable bonds is 5. The van der Waals surface area contributed by atoms with Gasteiger partial charge in [0.05, 0.1) is 34.2 Å². The lowest BCUT2D eigenvalue weighted by atomic mass is 9.89. The van der Waals surface area contributed by atoms with E-state index in [-0.39, 0.29) is 17.5 Å². The smallest absolute Gasteiger partial charge is 0.335 e. The monoisotopic (exact) mass is 528 g/mol. The minimum atomic E-state index is -0.916. The first kappa shape index (κ1) is 25.3. The van der Waals surface area contributed by atoms with Gasteiger partial charge in [-0.1, -0.05) is 12.1 Å². The summed E-state index contributed by atoms with van der Waals surface area (Å²) in [6.07, 6.45) is 5.82. The Labute approximate surface area is 225 Å². The second-order valence-corrected chi connectivity index (χ2v) is 10.8. The molecule has 202 valence electrons. The van der Waals surface area contributed by atoms with E-state index in [4.69, 9.17) is 4.74 Å². The number of benzene rings is 2. The zero-order valence-electron chi connectivity index (χ0n) is 22.0. The number of aryl methyl sites for hydroxylation is 1. The fourth-order valence-corrected chi connectivity index (χ4v) is 6.11. The molecule has 2 aromatic heterocycles. The summed E-state index contributed by atoms with van der Waals surface area (Å²) in [6.45, 7) is 4.54. The van der Waals surface area contributed by atoms with Crippen LogP contribution in [0.25, 0.3) is 21.8 Å². The molecule has 0 atom stereocenters. The number of H-pyrrole nitrogens is 1. The van der Waals surface area contributed by atoms with Gasteiger partial charge in [0.1, 0.15) is 0 Å². The van der Waals surface area contributed by atoms with Gasteiger partial charge in [-0.05, 0) is 80.3 Å². The number of aromatic carboxylic acids is 1. The van der Waals surface area contributed by atoms with Crippen LogP contribution in [-0.2, 0) is 11.2 Å². The molecule has 9 heteroatoms. The van der Waals surface area contributed by atoms with Crippen LogP contribution in [0, 0.1) is 12.8 Å². The summed E-state index contributed by atoms with van der Waals surface area (Å²) >= 11 is 0. The van der Waals surface area contributed by atoms with Crippen molar-refractivity contribution >= 4 is 33.7 Å². The van der Waals surface area contributed by atoms with Gasteiger partial charge in [-0.15, -0.1) is 0 Å². The van der Waals surface area contributed by atoms with E-state index < -0.39 is 5.97 Å². The first-order valence-electron chi connectivity index (χ1n) is 13.6. The van der Waals surface area contributed by atoms with Crippen LogP contribution in [0.3, 0.4) is 0 Å². The Morgan fingerprint density at radius 2 is 1.85 bits per heavy atom. The van der Waals surface area contributed by atoms with Crippen LogP contribution in [0.1, 0.15) is 63.6 Å². The van der Waals surface area contributed by atoms with Gasteiger partial charge in [0.2, 0.25) is 0 Å². The number of aromatic amines is 1. The number of nitrogens with one attached hydrogen (secondary N) is 1. The predicted octanol–water partition coefficient (Wildman–Crippen LogP) is 4.33. The highest BCUT2D eigenvalue weighted by Crippen LogP contribution is 2.31. The molecule has 0 radical (unpaired) electrons. The molecule has 6 rings (SSSR count). The van der Waals surface area contributed by atoms with Crippen LogP contribution in [-0.4, -0.2) is 63.0 Å². The maximum Gasteiger partial charge on any atom is 0.335 e. The summed E-state index contributed by atoms with van der Waals surface area (Å²) < 4.78 is 7.48. The number of hydrogen-bond donors (Lipinski definition) is 2. The Morgan fingerprint density at radius 1 is 1.08 bits per heavy atom. The molecule has 2 N–H and O–H groups in total. The molecule has 0 bridgehead atoms. The molecule has 1 amide bonds. The van der Waals surface area contributed by atoms with Crippen LogP contribution in [0.15, 0.2) is 47.4 Å². The average Bonchev–Trinajstić information content (AvgIpc) is 3.40. The number of ether oxygens (including phenoxy) is 1. The van der Waals surface area contributed by atoms with Crippen LogP contribution in [0.4, 0.5) is 0 Å². The zero-order valence-corrected chi connectivity index (χ0v) is 22.0. The summed E-state index contributed by atoms with van der Waals surface area (Å²) in [5.74, 6) is -0.522. The molecule has 9 nitrogen and oxygen atoms in total. The summed E-state index contributed by atoms with van der Waals surface area (Å²) in [6, 6.07) is 11.1. The SMILES string of the molecule is Cc1cc2[nH]c(=O)c3cnn(C4CCOCC4)c3c2cc1C(=O)N1CCC(Cc2cccc(C(=O)O)c2)CC1. The maximum absolute atomic E-state index is 13.7. The highest BCUT2D eigenvalue weighted by atomic mass is 16.5. The summed E-state index contributed by atoms with van der Waals surface area (Å²) in [4.78, 5) is 42.8. The molecule has 2 aromatic carbocycles. The number of aromatic nitrogens is 3. The minimum absolute atomic E-state index is 0.00259. The molecule has 0 unspecified atom stereocenters. The third-order valence-corrected chi connectivity index (χ3v) is 8.28. The second-order valence-electron chi connectivity index (χ2n) is 10.8. The van der Waals surface area contributed by atoms with Crippen molar-refractivity contribution in [3.8, 4) is 0 Å². The highest BCUT2D eigenvalue weighted by molar-refractivity contribution is 6.07. The van der Waals surface area contributed by atoms with Gasteiger partial charge in [-0.25, -0.2) is 4.79 Å². The van der Waals surface area contributed by atoms with Gasteiger partial charge in [-0.3, -0.25) is 14.3 Å². The van der Waals surface area contributed by atoms with Gasteiger partial charge >= 0.3 is 5.97 Å². The molecule has 2 saturated heterocycles. The Hall–Kier alpha value is -3.98. The molecule has 4 aromatic rings. The largest absolute Gasteiger partial charge is 0.478 e. The number of carbonyl (C=O) groups is 2. The summed E-state index contributed by atoms with van der Waals surface area (Å²) in [5.41, 5.74) is 4.10. The molecule has 2 aliphatic heterocycles. The predicted molar refractivity (Wildman–Crippen MR) is 147 cm³/mol. The zero-order chi connectivity index (χ0) is 27.1. The van der Waals surface area contributed by atoms with E-state index in [0.717, 1.165) is 54.1 Å². The third-order valence-electron chi connectivity index (χ3n) is 8.28. The van der Waals surface area contributed by atoms with Gasteiger partial charge in [0.25, 0.3) is 11.5 Å². The topological polar surface area (TPSA) is 118 Å². The third kappa shape index (κ3) is 4.83. The van der Waals surface area contributed by atoms with Crippen LogP contribution < -0.4 is 5.56 Å². The Morgan fingerprint density at radius 3 is 2.59 bits per heavy atom. The molecule has 0 aliphatic carbocycles. The number of carboxylic acids is 1. The molecule has 39 heavy (non-hydrogen) atoms. The highest BCUT2D eigenvalue weighted by Gasteiger charge is 2.27. The number of likely N-dealkylation sites (tertiary alicyclic amines) is 1. The van der Waals surface area contributed by atoms with E-state index in [1.54, 1.807) is 24.4 Å². The van der Waals surface area contributed by atoms with Crippen molar-refractivity contribution in [3.05, 3.63) is 75.2 Å². The molecule has 0 spiro atoms. The van der Waals surface area contributed by atoms with Crippen LogP contribution in [0.5, 0.6) is 0 Å². The molecule has 4 heterocycles. The number of nitrogens with zero attached hydrogens (tertiary/aromatic N) is 3. The summed E-state index contributed by atoms with van der Waals surface area (Å²) in [7, 11) is 0. The fourth-order valence-electron chi connectivity index (χ4n) is 6.11. The lowest BCUT2D eigenvalue weighted by Gasteiger charge is -2.32. The Bertz CT molecular complexity index is 1620. The number of fused-ring (bicyclic) bond motifs is 3. The molecule has 2 fully saturated rings. The number of pyridine rings is 1. The minimum Gasteiger partial charge on any atom is -0.478 e. The van der Waals surface area contributed by atoms with Crippen molar-refractivity contribution in [2.75, 3.05) is 26.3 Å². The number of carbonyl (C=O) groups excluding carboxylic acids is 1. The van der Waals surface area contributed by atoms with Crippen molar-refractivity contribution in [1.29, 1.82) is 0 Å². The van der Waals surface area contributed by atoms with Gasteiger partial charge in [-0.2, -0.15) is 5.10 Å². The fraction of sp³-hybridized carbons (Fsp3) is 0.400. The number of hydrogen-bond acceptors (Lipinski definition) is 5. The van der Waals surface area contributed by atoms with Gasteiger partial charge in [0, 0.05) is 37.3 Å². The van der Waals surface area contributed by atoms with Crippen LogP contribution >= 0.6 is 0 Å². The Balaban J connectivity index is 1.25. The van der Waals surface area contributed by atoms with E-state index in [1.807, 2.05) is 34.7 Å². The first-order chi connectivity index (χ1) is 18.9. The number of amides is 1. The molecule has 2 aliphatic rings. The van der Waals surface area contributed by atoms with E-state index in [1.165, 1.54) is 0 Å². The normalized spacial score (nSPS) is 17.2. The molecule has 0 saturated carbocycles. The number of carboxylic acid groups (broad SMARTS) is 1. The van der Waals surface area contributed by atoms with E-state index >= 15 is 0 Å². The quantitative estimate of drug-likeness (QED) is 0.398. The number of piperidine rings is 1. The average molecular weight is 529 g/mol. The van der Waals surface area contributed by atoms with Crippen molar-refractivity contribution in [1.82, 2.24) is 19.7 Å². The second kappa shape index (κ2) is 10.3.